The van der Waals surface area contributed by atoms with E-state index in [9.17, 15) is 0 Å². The lowest BCUT2D eigenvalue weighted by Crippen LogP contribution is -1.94. The second-order valence-electron chi connectivity index (χ2n) is 3.06. The van der Waals surface area contributed by atoms with Gasteiger partial charge >= 0.3 is 0 Å². The first-order valence-corrected chi connectivity index (χ1v) is 4.41. The molecule has 0 saturated heterocycles. The highest BCUT2D eigenvalue weighted by Gasteiger charge is 2.46. The highest BCUT2D eigenvalue weighted by atomic mass is 79.9. The van der Waals surface area contributed by atoms with Gasteiger partial charge in [-0.05, 0) is 17.8 Å². The third-order valence-electron chi connectivity index (χ3n) is 2.53. The number of rotatable bonds is 2. The van der Waals surface area contributed by atoms with E-state index in [0.717, 1.165) is 5.92 Å². The van der Waals surface area contributed by atoms with Crippen LogP contribution in [0.15, 0.2) is 0 Å². The predicted octanol–water partition coefficient (Wildman–Crippen LogP) is 2.82. The molecular formula is C7H13Br. The van der Waals surface area contributed by atoms with Crippen LogP contribution in [0, 0.1) is 11.3 Å². The van der Waals surface area contributed by atoms with Crippen molar-refractivity contribution in [3.63, 3.8) is 0 Å². The number of halogens is 1. The van der Waals surface area contributed by atoms with Gasteiger partial charge in [0.15, 0.2) is 0 Å². The smallest absolute Gasteiger partial charge is 0.00650 e. The Morgan fingerprint density at radius 2 is 2.38 bits per heavy atom. The van der Waals surface area contributed by atoms with Crippen LogP contribution in [0.25, 0.3) is 0 Å². The number of alkyl halides is 1. The quantitative estimate of drug-likeness (QED) is 0.569. The molecule has 8 heavy (non-hydrogen) atoms. The van der Waals surface area contributed by atoms with Gasteiger partial charge in [0.25, 0.3) is 0 Å². The van der Waals surface area contributed by atoms with Crippen molar-refractivity contribution in [1.82, 2.24) is 0 Å². The van der Waals surface area contributed by atoms with E-state index in [1.165, 1.54) is 18.2 Å². The minimum Gasteiger partial charge on any atom is -0.0925 e. The predicted molar refractivity (Wildman–Crippen MR) is 40.3 cm³/mol. The normalized spacial score (nSPS) is 44.6. The van der Waals surface area contributed by atoms with E-state index in [4.69, 9.17) is 0 Å². The van der Waals surface area contributed by atoms with Gasteiger partial charge in [0, 0.05) is 5.33 Å². The Balaban J connectivity index is 2.31. The molecule has 1 aliphatic carbocycles. The van der Waals surface area contributed by atoms with E-state index in [1.54, 1.807) is 0 Å². The second kappa shape index (κ2) is 2.02. The zero-order valence-corrected chi connectivity index (χ0v) is 7.16. The average molecular weight is 177 g/mol. The van der Waals surface area contributed by atoms with Crippen molar-refractivity contribution in [2.45, 2.75) is 26.7 Å². The minimum atomic E-state index is 0.712. The van der Waals surface area contributed by atoms with Crippen LogP contribution in [0.4, 0.5) is 0 Å². The SMILES string of the molecule is CCC1(C)CC1CBr. The van der Waals surface area contributed by atoms with Crippen LogP contribution in [0.5, 0.6) is 0 Å². The van der Waals surface area contributed by atoms with Crippen molar-refractivity contribution in [2.24, 2.45) is 11.3 Å². The third kappa shape index (κ3) is 0.928. The van der Waals surface area contributed by atoms with Crippen LogP contribution in [-0.2, 0) is 0 Å². The minimum absolute atomic E-state index is 0.712. The highest BCUT2D eigenvalue weighted by Crippen LogP contribution is 2.55. The summed E-state index contributed by atoms with van der Waals surface area (Å²) >= 11 is 3.49. The van der Waals surface area contributed by atoms with Gasteiger partial charge in [-0.25, -0.2) is 0 Å². The Kier molecular flexibility index (Phi) is 1.66. The van der Waals surface area contributed by atoms with Crippen molar-refractivity contribution in [2.75, 3.05) is 5.33 Å². The van der Waals surface area contributed by atoms with Gasteiger partial charge in [-0.1, -0.05) is 36.2 Å². The summed E-state index contributed by atoms with van der Waals surface area (Å²) in [5.41, 5.74) is 0.712. The first-order chi connectivity index (χ1) is 3.73. The second-order valence-corrected chi connectivity index (χ2v) is 3.71. The lowest BCUT2D eigenvalue weighted by molar-refractivity contribution is 0.505. The van der Waals surface area contributed by atoms with E-state index in [-0.39, 0.29) is 0 Å². The summed E-state index contributed by atoms with van der Waals surface area (Å²) in [4.78, 5) is 0. The molecule has 2 unspecified atom stereocenters. The Hall–Kier alpha value is 0.480. The Morgan fingerprint density at radius 3 is 2.50 bits per heavy atom. The van der Waals surface area contributed by atoms with Crippen LogP contribution >= 0.6 is 15.9 Å². The fourth-order valence-electron chi connectivity index (χ4n) is 1.18. The topological polar surface area (TPSA) is 0 Å². The highest BCUT2D eigenvalue weighted by molar-refractivity contribution is 9.09. The maximum atomic E-state index is 3.49. The molecule has 0 aromatic rings. The molecule has 0 bridgehead atoms. The average Bonchev–Trinajstić information content (AvgIpc) is 2.44. The van der Waals surface area contributed by atoms with Gasteiger partial charge < -0.3 is 0 Å². The maximum absolute atomic E-state index is 3.49. The zero-order chi connectivity index (χ0) is 6.20. The largest absolute Gasteiger partial charge is 0.0925 e. The van der Waals surface area contributed by atoms with Crippen molar-refractivity contribution < 1.29 is 0 Å². The van der Waals surface area contributed by atoms with E-state index in [1.807, 2.05) is 0 Å². The van der Waals surface area contributed by atoms with Gasteiger partial charge in [0.05, 0.1) is 0 Å². The lowest BCUT2D eigenvalue weighted by Gasteiger charge is -2.02. The molecule has 0 heterocycles. The van der Waals surface area contributed by atoms with E-state index < -0.39 is 0 Å². The summed E-state index contributed by atoms with van der Waals surface area (Å²) in [7, 11) is 0. The van der Waals surface area contributed by atoms with Gasteiger partial charge in [0.2, 0.25) is 0 Å². The molecule has 1 heteroatoms. The summed E-state index contributed by atoms with van der Waals surface area (Å²) in [6.45, 7) is 4.65. The van der Waals surface area contributed by atoms with Crippen LogP contribution in [0.1, 0.15) is 26.7 Å². The van der Waals surface area contributed by atoms with Gasteiger partial charge in [0.1, 0.15) is 0 Å². The molecule has 48 valence electrons. The van der Waals surface area contributed by atoms with Gasteiger partial charge in [-0.15, -0.1) is 0 Å². The number of hydrogen-bond donors (Lipinski definition) is 0. The Labute approximate surface area is 59.8 Å². The van der Waals surface area contributed by atoms with Crippen LogP contribution in [0.3, 0.4) is 0 Å². The molecule has 2 atom stereocenters. The summed E-state index contributed by atoms with van der Waals surface area (Å²) in [6, 6.07) is 0. The van der Waals surface area contributed by atoms with Crippen molar-refractivity contribution in [1.29, 1.82) is 0 Å². The molecule has 1 aliphatic rings. The van der Waals surface area contributed by atoms with Crippen LogP contribution < -0.4 is 0 Å². The van der Waals surface area contributed by atoms with Crippen LogP contribution in [-0.4, -0.2) is 5.33 Å². The van der Waals surface area contributed by atoms with E-state index >= 15 is 0 Å². The number of hydrogen-bond acceptors (Lipinski definition) is 0. The van der Waals surface area contributed by atoms with Crippen LogP contribution in [0.2, 0.25) is 0 Å². The van der Waals surface area contributed by atoms with Crippen molar-refractivity contribution in [3.8, 4) is 0 Å². The molecule has 0 amide bonds. The third-order valence-corrected chi connectivity index (χ3v) is 3.31. The maximum Gasteiger partial charge on any atom is 0.00650 e. The molecule has 0 N–H and O–H groups in total. The summed E-state index contributed by atoms with van der Waals surface area (Å²) in [5, 5.41) is 1.21. The van der Waals surface area contributed by atoms with E-state index in [0.29, 0.717) is 5.41 Å². The summed E-state index contributed by atoms with van der Waals surface area (Å²) in [5.74, 6) is 0.979. The first-order valence-electron chi connectivity index (χ1n) is 3.29. The first kappa shape index (κ1) is 6.60. The standard InChI is InChI=1S/C7H13Br/c1-3-7(2)4-6(7)5-8/h6H,3-5H2,1-2H3. The van der Waals surface area contributed by atoms with E-state index in [2.05, 4.69) is 29.8 Å². The monoisotopic (exact) mass is 176 g/mol. The molecule has 0 aliphatic heterocycles. The Bertz CT molecular complexity index is 90.4. The fourth-order valence-corrected chi connectivity index (χ4v) is 2.19. The summed E-state index contributed by atoms with van der Waals surface area (Å²) < 4.78 is 0. The summed E-state index contributed by atoms with van der Waals surface area (Å²) in [6.07, 6.45) is 2.79. The zero-order valence-electron chi connectivity index (χ0n) is 5.58. The van der Waals surface area contributed by atoms with Gasteiger partial charge in [-0.2, -0.15) is 0 Å². The molecule has 0 aromatic carbocycles. The van der Waals surface area contributed by atoms with Gasteiger partial charge in [-0.3, -0.25) is 0 Å². The molecule has 0 spiro atoms. The molecule has 1 fully saturated rings. The molecular weight excluding hydrogens is 164 g/mol. The molecule has 0 radical (unpaired) electrons. The fraction of sp³-hybridized carbons (Fsp3) is 1.00. The molecule has 0 aromatic heterocycles. The lowest BCUT2D eigenvalue weighted by atomic mass is 10.0. The molecule has 1 saturated carbocycles. The Morgan fingerprint density at radius 1 is 1.75 bits per heavy atom. The molecule has 0 nitrogen and oxygen atoms in total. The van der Waals surface area contributed by atoms with Crippen molar-refractivity contribution in [3.05, 3.63) is 0 Å². The molecule has 1 rings (SSSR count). The van der Waals surface area contributed by atoms with Crippen molar-refractivity contribution >= 4 is 15.9 Å².